The zero-order valence-corrected chi connectivity index (χ0v) is 16.8. The molecule has 6 heteroatoms. The second-order valence-electron chi connectivity index (χ2n) is 6.86. The molecule has 0 aliphatic rings. The molecule has 0 aliphatic heterocycles. The predicted molar refractivity (Wildman–Crippen MR) is 119 cm³/mol. The number of anilines is 2. The van der Waals surface area contributed by atoms with Crippen molar-refractivity contribution >= 4 is 40.0 Å². The molecule has 4 aromatic rings. The summed E-state index contributed by atoms with van der Waals surface area (Å²) in [4.78, 5) is 16.9. The van der Waals surface area contributed by atoms with Crippen molar-refractivity contribution in [2.75, 3.05) is 10.6 Å². The molecule has 1 heterocycles. The van der Waals surface area contributed by atoms with Crippen LogP contribution in [-0.4, -0.2) is 15.6 Å². The van der Waals surface area contributed by atoms with Crippen LogP contribution in [0, 0.1) is 0 Å². The maximum atomic E-state index is 12.1. The van der Waals surface area contributed by atoms with Crippen LogP contribution in [0.4, 0.5) is 16.2 Å². The molecular weight excluding hydrogens is 384 g/mol. The molecule has 0 atom stereocenters. The standard InChI is InChI=1S/C23H21ClN4O/c1-28-21-8-3-2-7-20(21)27-22(28)14-11-16-9-12-18(13-10-16)25-23(29)26-19-6-4-5-17(24)15-19/h2-10,12-13,15H,11,14H2,1H3,(H2,25,26,29). The molecule has 0 unspecified atom stereocenters. The number of carbonyl (C=O) groups is 1. The number of nitrogens with one attached hydrogen (secondary N) is 2. The number of aromatic nitrogens is 2. The predicted octanol–water partition coefficient (Wildman–Crippen LogP) is 5.66. The van der Waals surface area contributed by atoms with Gasteiger partial charge >= 0.3 is 6.03 Å². The summed E-state index contributed by atoms with van der Waals surface area (Å²) in [6.45, 7) is 0. The zero-order valence-electron chi connectivity index (χ0n) is 16.0. The van der Waals surface area contributed by atoms with E-state index in [9.17, 15) is 4.79 Å². The minimum absolute atomic E-state index is 0.306. The number of carbonyl (C=O) groups excluding carboxylic acids is 1. The number of para-hydroxylation sites is 2. The Morgan fingerprint density at radius 2 is 1.69 bits per heavy atom. The van der Waals surface area contributed by atoms with Crippen molar-refractivity contribution in [2.24, 2.45) is 7.05 Å². The largest absolute Gasteiger partial charge is 0.331 e. The first-order valence-corrected chi connectivity index (χ1v) is 9.79. The van der Waals surface area contributed by atoms with Crippen molar-refractivity contribution in [3.63, 3.8) is 0 Å². The average molecular weight is 405 g/mol. The monoisotopic (exact) mass is 404 g/mol. The molecule has 0 radical (unpaired) electrons. The number of nitrogens with zero attached hydrogens (tertiary/aromatic N) is 2. The molecule has 0 spiro atoms. The normalized spacial score (nSPS) is 10.8. The van der Waals surface area contributed by atoms with Crippen LogP contribution in [0.15, 0.2) is 72.8 Å². The quantitative estimate of drug-likeness (QED) is 0.451. The summed E-state index contributed by atoms with van der Waals surface area (Å²) >= 11 is 5.93. The second kappa shape index (κ2) is 8.37. The minimum Gasteiger partial charge on any atom is -0.331 e. The summed E-state index contributed by atoms with van der Waals surface area (Å²) in [5.41, 5.74) is 4.74. The van der Waals surface area contributed by atoms with Crippen LogP contribution in [0.1, 0.15) is 11.4 Å². The second-order valence-corrected chi connectivity index (χ2v) is 7.30. The molecule has 0 bridgehead atoms. The van der Waals surface area contributed by atoms with E-state index in [0.29, 0.717) is 10.7 Å². The number of hydrogen-bond donors (Lipinski definition) is 2. The van der Waals surface area contributed by atoms with Gasteiger partial charge in [0.15, 0.2) is 0 Å². The number of benzene rings is 3. The van der Waals surface area contributed by atoms with E-state index < -0.39 is 0 Å². The van der Waals surface area contributed by atoms with E-state index in [4.69, 9.17) is 16.6 Å². The van der Waals surface area contributed by atoms with Crippen LogP contribution in [0.3, 0.4) is 0 Å². The van der Waals surface area contributed by atoms with Crippen LogP contribution < -0.4 is 10.6 Å². The highest BCUT2D eigenvalue weighted by Crippen LogP contribution is 2.18. The van der Waals surface area contributed by atoms with E-state index >= 15 is 0 Å². The molecule has 2 N–H and O–H groups in total. The van der Waals surface area contributed by atoms with Crippen molar-refractivity contribution in [1.29, 1.82) is 0 Å². The Bertz CT molecular complexity index is 1150. The molecule has 146 valence electrons. The van der Waals surface area contributed by atoms with Crippen molar-refractivity contribution in [3.05, 3.63) is 89.2 Å². The number of urea groups is 1. The van der Waals surface area contributed by atoms with Gasteiger partial charge in [-0.15, -0.1) is 0 Å². The third kappa shape index (κ3) is 4.58. The maximum Gasteiger partial charge on any atom is 0.323 e. The fourth-order valence-electron chi connectivity index (χ4n) is 3.29. The topological polar surface area (TPSA) is 59.0 Å². The minimum atomic E-state index is -0.306. The molecule has 4 rings (SSSR count). The maximum absolute atomic E-state index is 12.1. The van der Waals surface area contributed by atoms with Crippen molar-refractivity contribution < 1.29 is 4.79 Å². The van der Waals surface area contributed by atoms with E-state index in [1.165, 1.54) is 5.56 Å². The highest BCUT2D eigenvalue weighted by molar-refractivity contribution is 6.30. The van der Waals surface area contributed by atoms with Crippen molar-refractivity contribution in [1.82, 2.24) is 9.55 Å². The van der Waals surface area contributed by atoms with Gasteiger partial charge in [-0.2, -0.15) is 0 Å². The number of amides is 2. The molecule has 0 fully saturated rings. The SMILES string of the molecule is Cn1c(CCc2ccc(NC(=O)Nc3cccc(Cl)c3)cc2)nc2ccccc21. The van der Waals surface area contributed by atoms with Gasteiger partial charge in [0.25, 0.3) is 0 Å². The van der Waals surface area contributed by atoms with E-state index in [0.717, 1.165) is 35.4 Å². The third-order valence-electron chi connectivity index (χ3n) is 4.81. The van der Waals surface area contributed by atoms with Crippen LogP contribution in [0.25, 0.3) is 11.0 Å². The average Bonchev–Trinajstić information content (AvgIpc) is 3.03. The van der Waals surface area contributed by atoms with E-state index in [1.54, 1.807) is 24.3 Å². The lowest BCUT2D eigenvalue weighted by Gasteiger charge is -2.09. The summed E-state index contributed by atoms with van der Waals surface area (Å²) in [6.07, 6.45) is 1.74. The Balaban J connectivity index is 1.35. The van der Waals surface area contributed by atoms with E-state index in [1.807, 2.05) is 42.5 Å². The van der Waals surface area contributed by atoms with Crippen molar-refractivity contribution in [3.8, 4) is 0 Å². The summed E-state index contributed by atoms with van der Waals surface area (Å²) in [5, 5.41) is 6.17. The van der Waals surface area contributed by atoms with Gasteiger partial charge in [0.2, 0.25) is 0 Å². The van der Waals surface area contributed by atoms with E-state index in [-0.39, 0.29) is 6.03 Å². The Morgan fingerprint density at radius 1 is 0.931 bits per heavy atom. The van der Waals surface area contributed by atoms with Crippen LogP contribution in [0.5, 0.6) is 0 Å². The van der Waals surface area contributed by atoms with Gasteiger partial charge in [-0.05, 0) is 54.4 Å². The van der Waals surface area contributed by atoms with Crippen molar-refractivity contribution in [2.45, 2.75) is 12.8 Å². The van der Waals surface area contributed by atoms with Crippen LogP contribution in [-0.2, 0) is 19.9 Å². The lowest BCUT2D eigenvalue weighted by atomic mass is 10.1. The fraction of sp³-hybridized carbons (Fsp3) is 0.130. The molecule has 2 amide bonds. The lowest BCUT2D eigenvalue weighted by Crippen LogP contribution is -2.19. The van der Waals surface area contributed by atoms with Gasteiger partial charge < -0.3 is 15.2 Å². The number of fused-ring (bicyclic) bond motifs is 1. The first-order valence-electron chi connectivity index (χ1n) is 9.41. The highest BCUT2D eigenvalue weighted by atomic mass is 35.5. The molecule has 1 aromatic heterocycles. The number of aryl methyl sites for hydroxylation is 3. The molecule has 29 heavy (non-hydrogen) atoms. The van der Waals surface area contributed by atoms with Gasteiger partial charge in [0.05, 0.1) is 11.0 Å². The summed E-state index contributed by atoms with van der Waals surface area (Å²) in [5.74, 6) is 1.06. The van der Waals surface area contributed by atoms with Gasteiger partial charge in [0, 0.05) is 29.9 Å². The van der Waals surface area contributed by atoms with E-state index in [2.05, 4.69) is 28.3 Å². The zero-order chi connectivity index (χ0) is 20.2. The molecular formula is C23H21ClN4O. The number of hydrogen-bond acceptors (Lipinski definition) is 2. The molecule has 0 aliphatic carbocycles. The molecule has 0 saturated carbocycles. The first kappa shape index (κ1) is 19.0. The lowest BCUT2D eigenvalue weighted by molar-refractivity contribution is 0.262. The van der Waals surface area contributed by atoms with Gasteiger partial charge in [-0.1, -0.05) is 41.9 Å². The fourth-order valence-corrected chi connectivity index (χ4v) is 3.48. The Hall–Kier alpha value is -3.31. The highest BCUT2D eigenvalue weighted by Gasteiger charge is 2.08. The van der Waals surface area contributed by atoms with Gasteiger partial charge in [0.1, 0.15) is 5.82 Å². The summed E-state index contributed by atoms with van der Waals surface area (Å²) in [7, 11) is 2.05. The van der Waals surface area contributed by atoms with Gasteiger partial charge in [-0.25, -0.2) is 9.78 Å². The first-order chi connectivity index (χ1) is 14.1. The number of rotatable bonds is 5. The number of imidazole rings is 1. The summed E-state index contributed by atoms with van der Waals surface area (Å²) in [6, 6.07) is 22.7. The Morgan fingerprint density at radius 3 is 2.45 bits per heavy atom. The van der Waals surface area contributed by atoms with Gasteiger partial charge in [-0.3, -0.25) is 0 Å². The van der Waals surface area contributed by atoms with Crippen LogP contribution in [0.2, 0.25) is 5.02 Å². The molecule has 5 nitrogen and oxygen atoms in total. The Kier molecular flexibility index (Phi) is 5.49. The number of halogens is 1. The summed E-state index contributed by atoms with van der Waals surface area (Å²) < 4.78 is 2.14. The Labute approximate surface area is 174 Å². The molecule has 3 aromatic carbocycles. The van der Waals surface area contributed by atoms with Crippen LogP contribution >= 0.6 is 11.6 Å². The molecule has 0 saturated heterocycles. The smallest absolute Gasteiger partial charge is 0.323 e. The third-order valence-corrected chi connectivity index (χ3v) is 5.05.